The molecule has 1 N–H and O–H groups in total. The fourth-order valence-corrected chi connectivity index (χ4v) is 3.77. The molecule has 0 bridgehead atoms. The Morgan fingerprint density at radius 3 is 2.62 bits per heavy atom. The molecule has 0 aliphatic heterocycles. The van der Waals surface area contributed by atoms with Crippen LogP contribution in [-0.2, 0) is 0 Å². The number of furan rings is 1. The lowest BCUT2D eigenvalue weighted by atomic mass is 10.1. The Morgan fingerprint density at radius 2 is 1.67 bits per heavy atom. The van der Waals surface area contributed by atoms with Gasteiger partial charge in [-0.15, -0.1) is 0 Å². The standard InChI is InChI=1S/C18H10BrNO/c19-12-5-3-6-13-16(12)11-8-9-15-17(18(11)20-13)10-4-1-2-7-14(10)21-15/h1-9,20H. The Balaban J connectivity index is 2.14. The van der Waals surface area contributed by atoms with Crippen LogP contribution in [0.5, 0.6) is 0 Å². The van der Waals surface area contributed by atoms with Crippen molar-refractivity contribution < 1.29 is 4.42 Å². The summed E-state index contributed by atoms with van der Waals surface area (Å²) in [4.78, 5) is 3.55. The van der Waals surface area contributed by atoms with Crippen molar-refractivity contribution >= 4 is 59.7 Å². The first-order valence-corrected chi connectivity index (χ1v) is 7.62. The van der Waals surface area contributed by atoms with Crippen molar-refractivity contribution in [2.45, 2.75) is 0 Å². The maximum Gasteiger partial charge on any atom is 0.137 e. The molecule has 0 amide bonds. The molecular weight excluding hydrogens is 326 g/mol. The number of nitrogens with one attached hydrogen (secondary N) is 1. The summed E-state index contributed by atoms with van der Waals surface area (Å²) in [5.41, 5.74) is 4.13. The molecular formula is C18H10BrNO. The summed E-state index contributed by atoms with van der Waals surface area (Å²) in [6.45, 7) is 0. The summed E-state index contributed by atoms with van der Waals surface area (Å²) < 4.78 is 7.06. The molecule has 2 aromatic heterocycles. The smallest absolute Gasteiger partial charge is 0.137 e. The molecule has 3 aromatic carbocycles. The van der Waals surface area contributed by atoms with Gasteiger partial charge in [0.1, 0.15) is 11.2 Å². The van der Waals surface area contributed by atoms with Crippen LogP contribution in [0.15, 0.2) is 63.5 Å². The average Bonchev–Trinajstić information content (AvgIpc) is 3.05. The van der Waals surface area contributed by atoms with Crippen LogP contribution in [0.3, 0.4) is 0 Å². The highest BCUT2D eigenvalue weighted by Crippen LogP contribution is 2.38. The third-order valence-electron chi connectivity index (χ3n) is 4.09. The zero-order valence-corrected chi connectivity index (χ0v) is 12.6. The third kappa shape index (κ3) is 1.41. The zero-order chi connectivity index (χ0) is 14.0. The first-order chi connectivity index (χ1) is 10.3. The monoisotopic (exact) mass is 335 g/mol. The Morgan fingerprint density at radius 1 is 0.762 bits per heavy atom. The van der Waals surface area contributed by atoms with Gasteiger partial charge in [-0.25, -0.2) is 0 Å². The van der Waals surface area contributed by atoms with Gasteiger partial charge in [-0.1, -0.05) is 40.2 Å². The normalized spacial score (nSPS) is 12.0. The lowest BCUT2D eigenvalue weighted by Gasteiger charge is -1.95. The Hall–Kier alpha value is -2.26. The van der Waals surface area contributed by atoms with Crippen molar-refractivity contribution in [3.8, 4) is 0 Å². The molecule has 0 aliphatic rings. The second-order valence-corrected chi connectivity index (χ2v) is 6.10. The van der Waals surface area contributed by atoms with Gasteiger partial charge in [-0.05, 0) is 30.3 Å². The zero-order valence-electron chi connectivity index (χ0n) is 11.0. The molecule has 2 heterocycles. The summed E-state index contributed by atoms with van der Waals surface area (Å²) in [7, 11) is 0. The van der Waals surface area contributed by atoms with E-state index in [2.05, 4.69) is 57.3 Å². The van der Waals surface area contributed by atoms with Crippen molar-refractivity contribution in [3.63, 3.8) is 0 Å². The lowest BCUT2D eigenvalue weighted by Crippen LogP contribution is -1.71. The maximum absolute atomic E-state index is 5.96. The quantitative estimate of drug-likeness (QED) is 0.370. The van der Waals surface area contributed by atoms with Gasteiger partial charge in [0.25, 0.3) is 0 Å². The van der Waals surface area contributed by atoms with Crippen LogP contribution in [0, 0.1) is 0 Å². The molecule has 0 spiro atoms. The van der Waals surface area contributed by atoms with Crippen LogP contribution in [0.4, 0.5) is 0 Å². The van der Waals surface area contributed by atoms with Gasteiger partial charge in [-0.2, -0.15) is 0 Å². The van der Waals surface area contributed by atoms with Crippen LogP contribution in [0.25, 0.3) is 43.7 Å². The number of hydrogen-bond acceptors (Lipinski definition) is 1. The fourth-order valence-electron chi connectivity index (χ4n) is 3.19. The highest BCUT2D eigenvalue weighted by Gasteiger charge is 2.14. The number of rotatable bonds is 0. The summed E-state index contributed by atoms with van der Waals surface area (Å²) in [6.07, 6.45) is 0. The highest BCUT2D eigenvalue weighted by atomic mass is 79.9. The molecule has 2 nitrogen and oxygen atoms in total. The maximum atomic E-state index is 5.96. The van der Waals surface area contributed by atoms with E-state index >= 15 is 0 Å². The van der Waals surface area contributed by atoms with Gasteiger partial charge in [0.15, 0.2) is 0 Å². The SMILES string of the molecule is Brc1cccc2[nH]c3c(ccc4oc5ccccc5c43)c12. The number of benzene rings is 3. The van der Waals surface area contributed by atoms with Crippen LogP contribution in [0.1, 0.15) is 0 Å². The average molecular weight is 336 g/mol. The molecule has 0 aliphatic carbocycles. The molecule has 0 saturated carbocycles. The molecule has 0 radical (unpaired) electrons. The summed E-state index contributed by atoms with van der Waals surface area (Å²) in [5.74, 6) is 0. The second-order valence-electron chi connectivity index (χ2n) is 5.25. The van der Waals surface area contributed by atoms with Crippen molar-refractivity contribution in [1.82, 2.24) is 4.98 Å². The van der Waals surface area contributed by atoms with Gasteiger partial charge in [0.2, 0.25) is 0 Å². The molecule has 100 valence electrons. The minimum Gasteiger partial charge on any atom is -0.456 e. The van der Waals surface area contributed by atoms with Gasteiger partial charge in [0.05, 0.1) is 10.9 Å². The Labute approximate surface area is 128 Å². The number of aromatic amines is 1. The van der Waals surface area contributed by atoms with E-state index in [1.807, 2.05) is 18.2 Å². The van der Waals surface area contributed by atoms with E-state index < -0.39 is 0 Å². The minimum absolute atomic E-state index is 0.923. The number of fused-ring (bicyclic) bond motifs is 7. The molecule has 21 heavy (non-hydrogen) atoms. The van der Waals surface area contributed by atoms with Crippen molar-refractivity contribution in [1.29, 1.82) is 0 Å². The molecule has 5 rings (SSSR count). The van der Waals surface area contributed by atoms with Crippen LogP contribution >= 0.6 is 15.9 Å². The number of para-hydroxylation sites is 1. The minimum atomic E-state index is 0.923. The summed E-state index contributed by atoms with van der Waals surface area (Å²) >= 11 is 3.66. The molecule has 0 atom stereocenters. The topological polar surface area (TPSA) is 28.9 Å². The van der Waals surface area contributed by atoms with E-state index in [1.165, 1.54) is 10.8 Å². The van der Waals surface area contributed by atoms with E-state index in [1.54, 1.807) is 0 Å². The molecule has 0 saturated heterocycles. The Kier molecular flexibility index (Phi) is 2.11. The summed E-state index contributed by atoms with van der Waals surface area (Å²) in [6, 6.07) is 18.6. The Bertz CT molecular complexity index is 1150. The van der Waals surface area contributed by atoms with Crippen molar-refractivity contribution in [3.05, 3.63) is 59.1 Å². The van der Waals surface area contributed by atoms with Gasteiger partial charge in [0, 0.05) is 26.1 Å². The van der Waals surface area contributed by atoms with E-state index in [0.29, 0.717) is 0 Å². The largest absolute Gasteiger partial charge is 0.456 e. The van der Waals surface area contributed by atoms with Crippen LogP contribution in [0.2, 0.25) is 0 Å². The van der Waals surface area contributed by atoms with Gasteiger partial charge in [-0.3, -0.25) is 0 Å². The molecule has 3 heteroatoms. The fraction of sp³-hybridized carbons (Fsp3) is 0. The highest BCUT2D eigenvalue weighted by molar-refractivity contribution is 9.10. The molecule has 0 fully saturated rings. The van der Waals surface area contributed by atoms with E-state index in [9.17, 15) is 0 Å². The number of halogens is 1. The molecule has 0 unspecified atom stereocenters. The van der Waals surface area contributed by atoms with Gasteiger partial charge < -0.3 is 9.40 Å². The third-order valence-corrected chi connectivity index (χ3v) is 4.75. The van der Waals surface area contributed by atoms with Crippen molar-refractivity contribution in [2.24, 2.45) is 0 Å². The van der Waals surface area contributed by atoms with Crippen LogP contribution < -0.4 is 0 Å². The van der Waals surface area contributed by atoms with E-state index in [0.717, 1.165) is 37.4 Å². The predicted octanol–water partition coefficient (Wildman–Crippen LogP) is 5.98. The number of aromatic nitrogens is 1. The first kappa shape index (κ1) is 11.4. The first-order valence-electron chi connectivity index (χ1n) is 6.83. The number of hydrogen-bond donors (Lipinski definition) is 1. The second kappa shape index (κ2) is 3.89. The number of H-pyrrole nitrogens is 1. The van der Waals surface area contributed by atoms with E-state index in [-0.39, 0.29) is 0 Å². The lowest BCUT2D eigenvalue weighted by molar-refractivity contribution is 0.669. The van der Waals surface area contributed by atoms with Crippen LogP contribution in [-0.4, -0.2) is 4.98 Å². The van der Waals surface area contributed by atoms with E-state index in [4.69, 9.17) is 4.42 Å². The van der Waals surface area contributed by atoms with Crippen molar-refractivity contribution in [2.75, 3.05) is 0 Å². The molecule has 5 aromatic rings. The summed E-state index contributed by atoms with van der Waals surface area (Å²) in [5, 5.41) is 4.75. The van der Waals surface area contributed by atoms with Gasteiger partial charge >= 0.3 is 0 Å². The predicted molar refractivity (Wildman–Crippen MR) is 90.8 cm³/mol.